The zero-order valence-corrected chi connectivity index (χ0v) is 14.5. The number of hydrogen-bond donors (Lipinski definition) is 3. The van der Waals surface area contributed by atoms with Gasteiger partial charge >= 0.3 is 6.03 Å². The molecule has 1 saturated carbocycles. The van der Waals surface area contributed by atoms with Crippen molar-refractivity contribution < 1.29 is 9.59 Å². The van der Waals surface area contributed by atoms with Gasteiger partial charge in [0.2, 0.25) is 5.91 Å². The SMILES string of the molecule is Cc1ccc2nc(SCC(=O)NC(=O)NC3CCCCC3)[nH]c2c1. The van der Waals surface area contributed by atoms with Crippen LogP contribution in [0.5, 0.6) is 0 Å². The molecule has 0 spiro atoms. The van der Waals surface area contributed by atoms with Gasteiger partial charge in [-0.05, 0) is 37.5 Å². The first-order valence-corrected chi connectivity index (χ1v) is 9.28. The van der Waals surface area contributed by atoms with Crippen LogP contribution in [0, 0.1) is 6.92 Å². The largest absolute Gasteiger partial charge is 0.335 e. The van der Waals surface area contributed by atoms with Crippen LogP contribution in [0.2, 0.25) is 0 Å². The third kappa shape index (κ3) is 4.50. The van der Waals surface area contributed by atoms with E-state index in [-0.39, 0.29) is 17.7 Å². The Balaban J connectivity index is 1.46. The van der Waals surface area contributed by atoms with Gasteiger partial charge in [-0.1, -0.05) is 37.1 Å². The maximum Gasteiger partial charge on any atom is 0.321 e. The molecule has 128 valence electrons. The minimum Gasteiger partial charge on any atom is -0.335 e. The molecule has 1 aliphatic rings. The fourth-order valence-electron chi connectivity index (χ4n) is 2.93. The van der Waals surface area contributed by atoms with Crippen LogP contribution in [-0.4, -0.2) is 33.7 Å². The predicted molar refractivity (Wildman–Crippen MR) is 95.1 cm³/mol. The minimum atomic E-state index is -0.396. The second-order valence-electron chi connectivity index (χ2n) is 6.21. The highest BCUT2D eigenvalue weighted by Gasteiger charge is 2.17. The van der Waals surface area contributed by atoms with Crippen molar-refractivity contribution in [2.45, 2.75) is 50.2 Å². The summed E-state index contributed by atoms with van der Waals surface area (Å²) in [5, 5.41) is 5.94. The molecule has 24 heavy (non-hydrogen) atoms. The lowest BCUT2D eigenvalue weighted by Gasteiger charge is -2.22. The lowest BCUT2D eigenvalue weighted by Crippen LogP contribution is -2.45. The van der Waals surface area contributed by atoms with E-state index in [4.69, 9.17) is 0 Å². The molecule has 0 atom stereocenters. The molecule has 0 unspecified atom stereocenters. The average molecular weight is 346 g/mol. The number of carbonyl (C=O) groups excluding carboxylic acids is 2. The molecule has 1 aromatic heterocycles. The summed E-state index contributed by atoms with van der Waals surface area (Å²) < 4.78 is 0. The smallest absolute Gasteiger partial charge is 0.321 e. The first-order valence-electron chi connectivity index (χ1n) is 8.30. The number of benzene rings is 1. The van der Waals surface area contributed by atoms with Crippen molar-refractivity contribution in [3.8, 4) is 0 Å². The summed E-state index contributed by atoms with van der Waals surface area (Å²) in [5.74, 6) is -0.165. The second kappa shape index (κ2) is 7.70. The van der Waals surface area contributed by atoms with Gasteiger partial charge in [0.15, 0.2) is 5.16 Å². The van der Waals surface area contributed by atoms with Gasteiger partial charge in [0, 0.05) is 6.04 Å². The maximum atomic E-state index is 11.9. The molecule has 3 rings (SSSR count). The maximum absolute atomic E-state index is 11.9. The van der Waals surface area contributed by atoms with Crippen LogP contribution < -0.4 is 10.6 Å². The number of fused-ring (bicyclic) bond motifs is 1. The van der Waals surface area contributed by atoms with Gasteiger partial charge < -0.3 is 10.3 Å². The van der Waals surface area contributed by atoms with Crippen LogP contribution in [0.1, 0.15) is 37.7 Å². The summed E-state index contributed by atoms with van der Waals surface area (Å²) in [4.78, 5) is 31.3. The topological polar surface area (TPSA) is 86.9 Å². The normalized spacial score (nSPS) is 15.4. The van der Waals surface area contributed by atoms with Crippen LogP contribution in [0.3, 0.4) is 0 Å². The van der Waals surface area contributed by atoms with Gasteiger partial charge in [-0.2, -0.15) is 0 Å². The molecular formula is C17H22N4O2S. The van der Waals surface area contributed by atoms with Crippen molar-refractivity contribution in [1.82, 2.24) is 20.6 Å². The van der Waals surface area contributed by atoms with Gasteiger partial charge in [0.05, 0.1) is 16.8 Å². The van der Waals surface area contributed by atoms with Crippen molar-refractivity contribution in [3.05, 3.63) is 23.8 Å². The Morgan fingerprint density at radius 2 is 2.08 bits per heavy atom. The molecule has 1 aliphatic carbocycles. The molecule has 2 aromatic rings. The molecule has 0 saturated heterocycles. The van der Waals surface area contributed by atoms with E-state index in [9.17, 15) is 9.59 Å². The number of imide groups is 1. The van der Waals surface area contributed by atoms with Crippen LogP contribution in [-0.2, 0) is 4.79 Å². The molecule has 0 radical (unpaired) electrons. The van der Waals surface area contributed by atoms with Crippen molar-refractivity contribution in [2.75, 3.05) is 5.75 Å². The Bertz CT molecular complexity index is 737. The number of urea groups is 1. The highest BCUT2D eigenvalue weighted by atomic mass is 32.2. The fraction of sp³-hybridized carbons (Fsp3) is 0.471. The fourth-order valence-corrected chi connectivity index (χ4v) is 3.62. The molecule has 7 heteroatoms. The molecule has 1 fully saturated rings. The Morgan fingerprint density at radius 3 is 2.88 bits per heavy atom. The summed E-state index contributed by atoms with van der Waals surface area (Å²) in [6.45, 7) is 2.02. The van der Waals surface area contributed by atoms with Gasteiger partial charge in [-0.3, -0.25) is 10.1 Å². The molecule has 6 nitrogen and oxygen atoms in total. The molecule has 3 N–H and O–H groups in total. The molecule has 0 bridgehead atoms. The third-order valence-electron chi connectivity index (χ3n) is 4.15. The van der Waals surface area contributed by atoms with Crippen molar-refractivity contribution >= 4 is 34.7 Å². The van der Waals surface area contributed by atoms with E-state index < -0.39 is 6.03 Å². The van der Waals surface area contributed by atoms with E-state index in [1.54, 1.807) is 0 Å². The molecular weight excluding hydrogens is 324 g/mol. The van der Waals surface area contributed by atoms with Gasteiger partial charge in [0.1, 0.15) is 0 Å². The number of aryl methyl sites for hydroxylation is 1. The minimum absolute atomic E-state index is 0.150. The van der Waals surface area contributed by atoms with Crippen molar-refractivity contribution in [3.63, 3.8) is 0 Å². The summed E-state index contributed by atoms with van der Waals surface area (Å²) >= 11 is 1.29. The number of hydrogen-bond acceptors (Lipinski definition) is 4. The van der Waals surface area contributed by atoms with E-state index in [1.807, 2.05) is 25.1 Å². The zero-order valence-electron chi connectivity index (χ0n) is 13.7. The van der Waals surface area contributed by atoms with E-state index in [2.05, 4.69) is 20.6 Å². The van der Waals surface area contributed by atoms with Gasteiger partial charge in [0.25, 0.3) is 0 Å². The molecule has 0 aliphatic heterocycles. The average Bonchev–Trinajstić information content (AvgIpc) is 2.95. The molecule has 3 amide bonds. The number of imidazole rings is 1. The Hall–Kier alpha value is -2.02. The van der Waals surface area contributed by atoms with E-state index >= 15 is 0 Å². The lowest BCUT2D eigenvalue weighted by atomic mass is 9.96. The number of amides is 3. The van der Waals surface area contributed by atoms with E-state index in [1.165, 1.54) is 18.2 Å². The summed E-state index contributed by atoms with van der Waals surface area (Å²) in [6.07, 6.45) is 5.50. The lowest BCUT2D eigenvalue weighted by molar-refractivity contribution is -0.117. The van der Waals surface area contributed by atoms with E-state index in [0.717, 1.165) is 42.3 Å². The monoisotopic (exact) mass is 346 g/mol. The number of H-pyrrole nitrogens is 1. The summed E-state index contributed by atoms with van der Waals surface area (Å²) in [6, 6.07) is 5.76. The Labute approximate surface area is 145 Å². The Kier molecular flexibility index (Phi) is 5.40. The highest BCUT2D eigenvalue weighted by Crippen LogP contribution is 2.20. The number of carbonyl (C=O) groups is 2. The summed E-state index contributed by atoms with van der Waals surface area (Å²) in [5.41, 5.74) is 2.98. The zero-order chi connectivity index (χ0) is 16.9. The predicted octanol–water partition coefficient (Wildman–Crippen LogP) is 3.12. The quantitative estimate of drug-likeness (QED) is 0.742. The van der Waals surface area contributed by atoms with Gasteiger partial charge in [-0.15, -0.1) is 0 Å². The van der Waals surface area contributed by atoms with Crippen LogP contribution >= 0.6 is 11.8 Å². The van der Waals surface area contributed by atoms with Gasteiger partial charge in [-0.25, -0.2) is 9.78 Å². The number of thioether (sulfide) groups is 1. The summed E-state index contributed by atoms with van der Waals surface area (Å²) in [7, 11) is 0. The number of nitrogens with one attached hydrogen (secondary N) is 3. The first-order chi connectivity index (χ1) is 11.6. The standard InChI is InChI=1S/C17H22N4O2S/c1-11-7-8-13-14(9-11)20-17(19-13)24-10-15(22)21-16(23)18-12-5-3-2-4-6-12/h7-9,12H,2-6,10H2,1H3,(H,19,20)(H2,18,21,22,23). The number of aromatic amines is 1. The highest BCUT2D eigenvalue weighted by molar-refractivity contribution is 7.99. The van der Waals surface area contributed by atoms with Crippen LogP contribution in [0.15, 0.2) is 23.4 Å². The number of nitrogens with zero attached hydrogens (tertiary/aromatic N) is 1. The molecule has 1 aromatic carbocycles. The van der Waals surface area contributed by atoms with Crippen molar-refractivity contribution in [2.24, 2.45) is 0 Å². The molecule has 1 heterocycles. The van der Waals surface area contributed by atoms with Crippen LogP contribution in [0.25, 0.3) is 11.0 Å². The van der Waals surface area contributed by atoms with Crippen LogP contribution in [0.4, 0.5) is 4.79 Å². The second-order valence-corrected chi connectivity index (χ2v) is 7.17. The third-order valence-corrected chi connectivity index (χ3v) is 5.02. The first kappa shape index (κ1) is 16.8. The van der Waals surface area contributed by atoms with E-state index in [0.29, 0.717) is 5.16 Å². The van der Waals surface area contributed by atoms with Crippen molar-refractivity contribution in [1.29, 1.82) is 0 Å². The number of rotatable bonds is 4. The Morgan fingerprint density at radius 1 is 1.29 bits per heavy atom. The number of aromatic nitrogens is 2.